The lowest BCUT2D eigenvalue weighted by Crippen LogP contribution is -2.52. The first-order valence-corrected chi connectivity index (χ1v) is 11.2. The standard InChI is InChI=1S/C22H29N4O3.BF4/c1-4-5-10-25-18-7-6-17(15-19(18)26-20(27)8-9-22(25,26)2)21(28)29-14-13-24-12-11-23(3)16-24;2-1(3,4)5/h6-7,11-12,15-16H,4-5,8-10,13-14H2,1-3H3;/q+1;-1. The summed E-state index contributed by atoms with van der Waals surface area (Å²) >= 11 is 0. The number of benzene rings is 1. The Morgan fingerprint density at radius 2 is 1.91 bits per heavy atom. The number of aryl methyl sites for hydroxylation is 1. The highest BCUT2D eigenvalue weighted by Crippen LogP contribution is 2.51. The topological polar surface area (TPSA) is 58.7 Å². The second kappa shape index (κ2) is 10.1. The molecule has 12 heteroatoms. The SMILES string of the molecule is CCCCN1c2ccc(C(=O)OCCn3cc[n+](C)c3)cc2N2C(=O)CCC12C.F[B-](F)(F)F. The van der Waals surface area contributed by atoms with Crippen LogP contribution in [0.2, 0.25) is 0 Å². The molecule has 7 nitrogen and oxygen atoms in total. The van der Waals surface area contributed by atoms with Crippen LogP contribution in [0.5, 0.6) is 0 Å². The number of imidazole rings is 1. The number of unbranched alkanes of at least 4 members (excludes halogenated alkanes) is 1. The number of nitrogens with zero attached hydrogens (tertiary/aromatic N) is 4. The van der Waals surface area contributed by atoms with E-state index in [0.717, 1.165) is 37.2 Å². The molecule has 1 atom stereocenters. The number of halogens is 4. The lowest BCUT2D eigenvalue weighted by molar-refractivity contribution is -0.671. The Hall–Kier alpha value is -3.05. The number of hydrogen-bond donors (Lipinski definition) is 0. The van der Waals surface area contributed by atoms with Gasteiger partial charge in [-0.05, 0) is 38.0 Å². The fourth-order valence-electron chi connectivity index (χ4n) is 4.44. The van der Waals surface area contributed by atoms with Crippen LogP contribution in [0.25, 0.3) is 0 Å². The number of esters is 1. The van der Waals surface area contributed by atoms with E-state index in [1.54, 1.807) is 0 Å². The summed E-state index contributed by atoms with van der Waals surface area (Å²) in [7, 11) is -4.05. The van der Waals surface area contributed by atoms with Gasteiger partial charge in [0.2, 0.25) is 12.2 Å². The van der Waals surface area contributed by atoms with Gasteiger partial charge in [0.1, 0.15) is 31.2 Å². The first kappa shape index (κ1) is 25.6. The Balaban J connectivity index is 0.000000588. The van der Waals surface area contributed by atoms with Crippen LogP contribution in [0.15, 0.2) is 36.9 Å². The maximum absolute atomic E-state index is 12.6. The van der Waals surface area contributed by atoms with Crippen LogP contribution in [0.4, 0.5) is 28.6 Å². The molecule has 1 saturated heterocycles. The van der Waals surface area contributed by atoms with E-state index in [4.69, 9.17) is 4.74 Å². The van der Waals surface area contributed by atoms with Crippen molar-refractivity contribution in [3.63, 3.8) is 0 Å². The third kappa shape index (κ3) is 5.71. The normalized spacial score (nSPS) is 19.0. The zero-order chi connectivity index (χ0) is 25.1. The van der Waals surface area contributed by atoms with Gasteiger partial charge in [-0.15, -0.1) is 0 Å². The molecule has 4 rings (SSSR count). The summed E-state index contributed by atoms with van der Waals surface area (Å²) in [4.78, 5) is 29.4. The van der Waals surface area contributed by atoms with Gasteiger partial charge < -0.3 is 26.9 Å². The molecule has 186 valence electrons. The van der Waals surface area contributed by atoms with Crippen molar-refractivity contribution in [2.24, 2.45) is 7.05 Å². The van der Waals surface area contributed by atoms with E-state index in [0.29, 0.717) is 25.1 Å². The van der Waals surface area contributed by atoms with E-state index in [-0.39, 0.29) is 17.5 Å². The highest BCUT2D eigenvalue weighted by atomic mass is 19.5. The van der Waals surface area contributed by atoms with E-state index in [9.17, 15) is 26.9 Å². The van der Waals surface area contributed by atoms with Crippen LogP contribution in [-0.2, 0) is 23.1 Å². The van der Waals surface area contributed by atoms with Gasteiger partial charge in [0.15, 0.2) is 0 Å². The van der Waals surface area contributed by atoms with Crippen LogP contribution in [0, 0.1) is 0 Å². The Labute approximate surface area is 196 Å². The monoisotopic (exact) mass is 484 g/mol. The molecule has 0 aliphatic carbocycles. The first-order chi connectivity index (χ1) is 15.9. The molecule has 2 aliphatic rings. The molecule has 2 aromatic rings. The molecule has 0 N–H and O–H groups in total. The van der Waals surface area contributed by atoms with Crippen molar-refractivity contribution in [2.75, 3.05) is 23.0 Å². The lowest BCUT2D eigenvalue weighted by atomic mass is 10.1. The third-order valence-corrected chi connectivity index (χ3v) is 6.01. The minimum Gasteiger partial charge on any atom is -0.458 e. The number of carbonyl (C=O) groups is 2. The van der Waals surface area contributed by atoms with Crippen molar-refractivity contribution in [1.29, 1.82) is 0 Å². The summed E-state index contributed by atoms with van der Waals surface area (Å²) in [5, 5.41) is 0. The van der Waals surface area contributed by atoms with Gasteiger partial charge in [0.25, 0.3) is 0 Å². The molecule has 0 spiro atoms. The minimum atomic E-state index is -6.00. The molecule has 1 aromatic carbocycles. The number of rotatable bonds is 7. The van der Waals surface area contributed by atoms with Gasteiger partial charge in [0, 0.05) is 13.0 Å². The van der Waals surface area contributed by atoms with E-state index >= 15 is 0 Å². The lowest BCUT2D eigenvalue weighted by Gasteiger charge is -2.37. The van der Waals surface area contributed by atoms with Gasteiger partial charge in [-0.2, -0.15) is 0 Å². The quantitative estimate of drug-likeness (QED) is 0.259. The van der Waals surface area contributed by atoms with Gasteiger partial charge >= 0.3 is 13.2 Å². The molecule has 1 fully saturated rings. The predicted molar refractivity (Wildman–Crippen MR) is 120 cm³/mol. The summed E-state index contributed by atoms with van der Waals surface area (Å²) in [6, 6.07) is 5.59. The smallest absolute Gasteiger partial charge is 0.458 e. The number of hydrogen-bond acceptors (Lipinski definition) is 4. The van der Waals surface area contributed by atoms with Crippen LogP contribution < -0.4 is 14.4 Å². The van der Waals surface area contributed by atoms with Crippen molar-refractivity contribution >= 4 is 30.5 Å². The Bertz CT molecular complexity index is 1040. The Morgan fingerprint density at radius 3 is 2.53 bits per heavy atom. The third-order valence-electron chi connectivity index (χ3n) is 6.01. The molecule has 0 saturated carbocycles. The molecule has 2 aliphatic heterocycles. The number of ether oxygens (including phenoxy) is 1. The predicted octanol–water partition coefficient (Wildman–Crippen LogP) is 3.93. The number of carbonyl (C=O) groups excluding carboxylic acids is 2. The van der Waals surface area contributed by atoms with Crippen LogP contribution in [0.3, 0.4) is 0 Å². The maximum atomic E-state index is 12.6. The van der Waals surface area contributed by atoms with Gasteiger partial charge in [-0.3, -0.25) is 9.69 Å². The molecule has 3 heterocycles. The number of amides is 1. The summed E-state index contributed by atoms with van der Waals surface area (Å²) in [6.07, 6.45) is 9.33. The second-order valence-corrected chi connectivity index (χ2v) is 8.60. The van der Waals surface area contributed by atoms with Crippen LogP contribution in [-0.4, -0.2) is 42.5 Å². The van der Waals surface area contributed by atoms with Gasteiger partial charge in [0.05, 0.1) is 24.0 Å². The molecule has 0 radical (unpaired) electrons. The summed E-state index contributed by atoms with van der Waals surface area (Å²) in [5.41, 5.74) is 2.02. The Kier molecular flexibility index (Phi) is 7.57. The number of fused-ring (bicyclic) bond motifs is 3. The molecular formula is C22H29BF4N4O3. The fraction of sp³-hybridized carbons (Fsp3) is 0.500. The zero-order valence-electron chi connectivity index (χ0n) is 19.5. The zero-order valence-corrected chi connectivity index (χ0v) is 19.5. The molecule has 34 heavy (non-hydrogen) atoms. The summed E-state index contributed by atoms with van der Waals surface area (Å²) < 4.78 is 48.4. The highest BCUT2D eigenvalue weighted by molar-refractivity contribution is 6.50. The van der Waals surface area contributed by atoms with E-state index < -0.39 is 7.25 Å². The van der Waals surface area contributed by atoms with E-state index in [1.807, 2.05) is 58.0 Å². The second-order valence-electron chi connectivity index (χ2n) is 8.60. The Morgan fingerprint density at radius 1 is 1.21 bits per heavy atom. The maximum Gasteiger partial charge on any atom is 0.673 e. The van der Waals surface area contributed by atoms with Crippen molar-refractivity contribution in [2.45, 2.75) is 51.7 Å². The van der Waals surface area contributed by atoms with Crippen molar-refractivity contribution in [3.05, 3.63) is 42.5 Å². The van der Waals surface area contributed by atoms with E-state index in [1.165, 1.54) is 0 Å². The number of anilines is 2. The van der Waals surface area contributed by atoms with Crippen LogP contribution >= 0.6 is 0 Å². The van der Waals surface area contributed by atoms with Gasteiger partial charge in [-0.1, -0.05) is 13.3 Å². The average molecular weight is 484 g/mol. The summed E-state index contributed by atoms with van der Waals surface area (Å²) in [6.45, 7) is 6.10. The molecule has 1 aromatic heterocycles. The fourth-order valence-corrected chi connectivity index (χ4v) is 4.44. The van der Waals surface area contributed by atoms with Crippen molar-refractivity contribution in [3.8, 4) is 0 Å². The van der Waals surface area contributed by atoms with Crippen LogP contribution in [0.1, 0.15) is 49.9 Å². The molecule has 1 unspecified atom stereocenters. The highest BCUT2D eigenvalue weighted by Gasteiger charge is 2.52. The van der Waals surface area contributed by atoms with E-state index in [2.05, 4.69) is 18.7 Å². The average Bonchev–Trinajstić information content (AvgIpc) is 3.37. The van der Waals surface area contributed by atoms with Gasteiger partial charge in [-0.25, -0.2) is 13.9 Å². The minimum absolute atomic E-state index is 0.124. The largest absolute Gasteiger partial charge is 0.673 e. The summed E-state index contributed by atoms with van der Waals surface area (Å²) in [5.74, 6) is -0.233. The molecular weight excluding hydrogens is 455 g/mol. The number of aromatic nitrogens is 2. The molecule has 1 amide bonds. The van der Waals surface area contributed by atoms with Crippen molar-refractivity contribution < 1.29 is 36.2 Å². The molecule has 0 bridgehead atoms. The first-order valence-electron chi connectivity index (χ1n) is 11.2. The van der Waals surface area contributed by atoms with Crippen molar-refractivity contribution in [1.82, 2.24) is 4.57 Å².